The number of morpholine rings is 1. The van der Waals surface area contributed by atoms with E-state index in [1.807, 2.05) is 0 Å². The lowest BCUT2D eigenvalue weighted by atomic mass is 10.3. The topological polar surface area (TPSA) is 55.8 Å². The number of hydrogen-bond acceptors (Lipinski definition) is 4. The second-order valence-electron chi connectivity index (χ2n) is 3.31. The van der Waals surface area contributed by atoms with Crippen molar-refractivity contribution in [1.82, 2.24) is 4.31 Å². The Morgan fingerprint density at radius 2 is 2.33 bits per heavy atom. The summed E-state index contributed by atoms with van der Waals surface area (Å²) in [6, 6.07) is 0. The van der Waals surface area contributed by atoms with Crippen molar-refractivity contribution in [3.8, 4) is 0 Å². The van der Waals surface area contributed by atoms with Crippen molar-refractivity contribution < 1.29 is 17.9 Å². The van der Waals surface area contributed by atoms with Gasteiger partial charge in [-0.15, -0.1) is 0 Å². The number of rotatable bonds is 5. The molecule has 90 valence electrons. The van der Waals surface area contributed by atoms with Crippen molar-refractivity contribution in [3.63, 3.8) is 0 Å². The van der Waals surface area contributed by atoms with E-state index in [9.17, 15) is 8.42 Å². The molecule has 1 heterocycles. The molecular formula is C8H16BrNO4S. The molecule has 0 saturated carbocycles. The molecule has 1 aliphatic heterocycles. The average Bonchev–Trinajstić information content (AvgIpc) is 2.26. The lowest BCUT2D eigenvalue weighted by Crippen LogP contribution is -2.47. The molecule has 1 rings (SSSR count). The summed E-state index contributed by atoms with van der Waals surface area (Å²) >= 11 is 3.29. The lowest BCUT2D eigenvalue weighted by molar-refractivity contribution is 0.0135. The number of sulfonamides is 1. The Hall–Kier alpha value is 0.310. The molecule has 0 aromatic rings. The maximum atomic E-state index is 11.8. The van der Waals surface area contributed by atoms with Gasteiger partial charge < -0.3 is 9.47 Å². The molecule has 0 bridgehead atoms. The number of ether oxygens (including phenoxy) is 2. The molecule has 0 spiro atoms. The zero-order chi connectivity index (χ0) is 11.3. The fourth-order valence-corrected chi connectivity index (χ4v) is 3.13. The standard InChI is InChI=1S/C8H16BrNO4S/c1-13-4-5-15(11,12)10-2-3-14-8(6-9)7-10/h8H,2-7H2,1H3. The van der Waals surface area contributed by atoms with E-state index in [0.717, 1.165) is 0 Å². The van der Waals surface area contributed by atoms with Crippen molar-refractivity contribution >= 4 is 26.0 Å². The first-order chi connectivity index (χ1) is 7.10. The third-order valence-corrected chi connectivity index (χ3v) is 4.74. The summed E-state index contributed by atoms with van der Waals surface area (Å²) in [7, 11) is -1.68. The van der Waals surface area contributed by atoms with Gasteiger partial charge >= 0.3 is 0 Å². The van der Waals surface area contributed by atoms with E-state index in [0.29, 0.717) is 25.0 Å². The van der Waals surface area contributed by atoms with Gasteiger partial charge in [0, 0.05) is 25.5 Å². The minimum absolute atomic E-state index is 0.0402. The summed E-state index contributed by atoms with van der Waals surface area (Å²) in [6.07, 6.45) is -0.0453. The van der Waals surface area contributed by atoms with Gasteiger partial charge in [0.05, 0.1) is 25.1 Å². The third-order valence-electron chi connectivity index (χ3n) is 2.21. The molecule has 15 heavy (non-hydrogen) atoms. The van der Waals surface area contributed by atoms with Crippen LogP contribution in [0.3, 0.4) is 0 Å². The van der Waals surface area contributed by atoms with E-state index >= 15 is 0 Å². The molecule has 7 heteroatoms. The number of hydrogen-bond donors (Lipinski definition) is 0. The van der Waals surface area contributed by atoms with Crippen LogP contribution in [-0.2, 0) is 19.5 Å². The molecule has 1 saturated heterocycles. The van der Waals surface area contributed by atoms with Crippen LogP contribution < -0.4 is 0 Å². The Bertz CT molecular complexity index is 282. The first-order valence-electron chi connectivity index (χ1n) is 4.74. The monoisotopic (exact) mass is 301 g/mol. The Labute approximate surface area is 98.9 Å². The van der Waals surface area contributed by atoms with Crippen LogP contribution >= 0.6 is 15.9 Å². The smallest absolute Gasteiger partial charge is 0.216 e. The predicted octanol–water partition coefficient (Wildman–Crippen LogP) is 0.0583. The van der Waals surface area contributed by atoms with E-state index in [1.54, 1.807) is 0 Å². The van der Waals surface area contributed by atoms with Gasteiger partial charge in [-0.2, -0.15) is 4.31 Å². The highest BCUT2D eigenvalue weighted by Gasteiger charge is 2.28. The van der Waals surface area contributed by atoms with Gasteiger partial charge in [-0.1, -0.05) is 15.9 Å². The quantitative estimate of drug-likeness (QED) is 0.674. The number of halogens is 1. The fourth-order valence-electron chi connectivity index (χ4n) is 1.36. The Kier molecular flexibility index (Phi) is 5.48. The molecular weight excluding hydrogens is 286 g/mol. The normalized spacial score (nSPS) is 24.3. The summed E-state index contributed by atoms with van der Waals surface area (Å²) in [5.41, 5.74) is 0. The van der Waals surface area contributed by atoms with E-state index in [-0.39, 0.29) is 18.5 Å². The zero-order valence-electron chi connectivity index (χ0n) is 8.69. The molecule has 0 aromatic heterocycles. The maximum Gasteiger partial charge on any atom is 0.216 e. The summed E-state index contributed by atoms with van der Waals surface area (Å²) in [6.45, 7) is 1.56. The minimum atomic E-state index is -3.18. The van der Waals surface area contributed by atoms with E-state index in [1.165, 1.54) is 11.4 Å². The largest absolute Gasteiger partial charge is 0.384 e. The van der Waals surface area contributed by atoms with Gasteiger partial charge in [0.1, 0.15) is 0 Å². The van der Waals surface area contributed by atoms with Crippen LogP contribution in [0.4, 0.5) is 0 Å². The van der Waals surface area contributed by atoms with Crippen LogP contribution in [0.15, 0.2) is 0 Å². The van der Waals surface area contributed by atoms with Gasteiger partial charge in [-0.25, -0.2) is 8.42 Å². The number of alkyl halides is 1. The van der Waals surface area contributed by atoms with E-state index in [4.69, 9.17) is 9.47 Å². The summed E-state index contributed by atoms with van der Waals surface area (Å²) < 4.78 is 35.2. The van der Waals surface area contributed by atoms with Gasteiger partial charge in [-0.3, -0.25) is 0 Å². The first kappa shape index (κ1) is 13.4. The predicted molar refractivity (Wildman–Crippen MR) is 60.8 cm³/mol. The lowest BCUT2D eigenvalue weighted by Gasteiger charge is -2.31. The molecule has 1 fully saturated rings. The van der Waals surface area contributed by atoms with Crippen LogP contribution in [0, 0.1) is 0 Å². The second-order valence-corrected chi connectivity index (χ2v) is 6.05. The highest BCUT2D eigenvalue weighted by atomic mass is 79.9. The molecule has 0 aliphatic carbocycles. The van der Waals surface area contributed by atoms with E-state index in [2.05, 4.69) is 15.9 Å². The second kappa shape index (κ2) is 6.15. The maximum absolute atomic E-state index is 11.8. The zero-order valence-corrected chi connectivity index (χ0v) is 11.1. The summed E-state index contributed by atoms with van der Waals surface area (Å²) in [5.74, 6) is 0.0402. The molecule has 5 nitrogen and oxygen atoms in total. The number of nitrogens with zero attached hydrogens (tertiary/aromatic N) is 1. The highest BCUT2D eigenvalue weighted by molar-refractivity contribution is 9.09. The van der Waals surface area contributed by atoms with Gasteiger partial charge in [0.2, 0.25) is 10.0 Å². The Morgan fingerprint density at radius 3 is 2.93 bits per heavy atom. The third kappa shape index (κ3) is 3.99. The van der Waals surface area contributed by atoms with Crippen molar-refractivity contribution in [1.29, 1.82) is 0 Å². The van der Waals surface area contributed by atoms with Gasteiger partial charge in [0.25, 0.3) is 0 Å². The van der Waals surface area contributed by atoms with Crippen LogP contribution in [0.1, 0.15) is 0 Å². The molecule has 0 N–H and O–H groups in total. The SMILES string of the molecule is COCCS(=O)(=O)N1CCOC(CBr)C1. The van der Waals surface area contributed by atoms with Crippen molar-refractivity contribution in [3.05, 3.63) is 0 Å². The molecule has 0 radical (unpaired) electrons. The fraction of sp³-hybridized carbons (Fsp3) is 1.00. The average molecular weight is 302 g/mol. The van der Waals surface area contributed by atoms with Crippen LogP contribution in [0.5, 0.6) is 0 Å². The molecule has 1 atom stereocenters. The van der Waals surface area contributed by atoms with Gasteiger partial charge in [0.15, 0.2) is 0 Å². The summed E-state index contributed by atoms with van der Waals surface area (Å²) in [5, 5.41) is 0.656. The van der Waals surface area contributed by atoms with Crippen LogP contribution in [-0.4, -0.2) is 63.3 Å². The highest BCUT2D eigenvalue weighted by Crippen LogP contribution is 2.12. The van der Waals surface area contributed by atoms with Crippen molar-refractivity contribution in [2.45, 2.75) is 6.10 Å². The van der Waals surface area contributed by atoms with E-state index < -0.39 is 10.0 Å². The molecule has 1 unspecified atom stereocenters. The Balaban J connectivity index is 2.54. The summed E-state index contributed by atoms with van der Waals surface area (Å²) in [4.78, 5) is 0. The minimum Gasteiger partial charge on any atom is -0.384 e. The first-order valence-corrected chi connectivity index (χ1v) is 7.47. The molecule has 1 aliphatic rings. The van der Waals surface area contributed by atoms with Gasteiger partial charge in [-0.05, 0) is 0 Å². The Morgan fingerprint density at radius 1 is 1.60 bits per heavy atom. The molecule has 0 aromatic carbocycles. The van der Waals surface area contributed by atoms with Crippen LogP contribution in [0.2, 0.25) is 0 Å². The molecule has 0 amide bonds. The number of methoxy groups -OCH3 is 1. The van der Waals surface area contributed by atoms with Crippen molar-refractivity contribution in [2.24, 2.45) is 0 Å². The van der Waals surface area contributed by atoms with Crippen molar-refractivity contribution in [2.75, 3.05) is 44.5 Å². The van der Waals surface area contributed by atoms with Crippen LogP contribution in [0.25, 0.3) is 0 Å².